The average Bonchev–Trinajstić information content (AvgIpc) is 3.99. The maximum Gasteiger partial charge on any atom is 0.246 e. The molecule has 0 radical (unpaired) electrons. The van der Waals surface area contributed by atoms with E-state index in [1.165, 1.54) is 30.9 Å². The molecule has 3 N–H and O–H groups in total. The summed E-state index contributed by atoms with van der Waals surface area (Å²) in [6, 6.07) is 15.6. The van der Waals surface area contributed by atoms with Crippen LogP contribution in [0.2, 0.25) is 0 Å². The van der Waals surface area contributed by atoms with Crippen molar-refractivity contribution in [3.8, 4) is 16.2 Å². The number of aryl methyl sites for hydroxylation is 1. The Kier molecular flexibility index (Phi) is 15.9. The Morgan fingerprint density at radius 2 is 1.72 bits per heavy atom. The van der Waals surface area contributed by atoms with Gasteiger partial charge in [-0.25, -0.2) is 18.2 Å². The Labute approximate surface area is 403 Å². The molecule has 15 heteroatoms. The molecule has 3 heterocycles. The predicted octanol–water partition coefficient (Wildman–Crippen LogP) is 8.58. The standard InChI is InChI=1S/C53H67F3N6O5S/c1-32-22-40-39-15-11-10-14-36(39)23-41(40)47(62(32)30-53(6,7)56)46-42(54)25-38(26-43(46)55)67-21-13-9-12-20-60(8)29-45(64)59-49(52(3,4)5)51(66)61-28-37(63)24-44(61)50(65)57-27-34-16-18-35(19-17-34)48-33(2)58-31-68-48/h10-11,14-19,25-26,31-32,37,44,47,49,63H,9,12-13,20-24,27-30H2,1-8H3,(H,57,65)(H,59,64)/t32-,37-,44+,47?,49-/m1/s1. The topological polar surface area (TPSA) is 127 Å². The first kappa shape index (κ1) is 50.8. The summed E-state index contributed by atoms with van der Waals surface area (Å²) in [5.74, 6) is -2.51. The van der Waals surface area contributed by atoms with Crippen LogP contribution in [0, 0.1) is 24.0 Å². The summed E-state index contributed by atoms with van der Waals surface area (Å²) in [5.41, 5.74) is 6.56. The number of aromatic nitrogens is 1. The molecule has 3 aromatic carbocycles. The van der Waals surface area contributed by atoms with Gasteiger partial charge in [0, 0.05) is 49.8 Å². The van der Waals surface area contributed by atoms with Gasteiger partial charge < -0.3 is 25.4 Å². The highest BCUT2D eigenvalue weighted by atomic mass is 32.1. The molecular weight excluding hydrogens is 890 g/mol. The molecule has 4 aromatic rings. The van der Waals surface area contributed by atoms with E-state index in [2.05, 4.69) is 21.7 Å². The number of aliphatic hydroxyl groups is 1. The van der Waals surface area contributed by atoms with Crippen LogP contribution < -0.4 is 15.4 Å². The molecule has 3 aliphatic rings. The third-order valence-electron chi connectivity index (χ3n) is 13.3. The number of carbonyl (C=O) groups excluding carboxylic acids is 3. The van der Waals surface area contributed by atoms with Crippen molar-refractivity contribution >= 4 is 34.6 Å². The van der Waals surface area contributed by atoms with E-state index in [4.69, 9.17) is 4.74 Å². The van der Waals surface area contributed by atoms with E-state index in [1.54, 1.807) is 11.3 Å². The Balaban J connectivity index is 0.876. The number of hydrogen-bond donors (Lipinski definition) is 3. The van der Waals surface area contributed by atoms with Crippen molar-refractivity contribution in [1.29, 1.82) is 0 Å². The Hall–Kier alpha value is -5.09. The molecule has 1 aliphatic carbocycles. The molecule has 1 aromatic heterocycles. The van der Waals surface area contributed by atoms with Crippen LogP contribution in [0.3, 0.4) is 0 Å². The largest absolute Gasteiger partial charge is 0.493 e. The second kappa shape index (κ2) is 21.3. The van der Waals surface area contributed by atoms with Gasteiger partial charge in [-0.05, 0) is 112 Å². The first-order chi connectivity index (χ1) is 32.2. The minimum Gasteiger partial charge on any atom is -0.493 e. The first-order valence-electron chi connectivity index (χ1n) is 23.8. The molecule has 0 spiro atoms. The lowest BCUT2D eigenvalue weighted by Gasteiger charge is -2.44. The Morgan fingerprint density at radius 3 is 2.38 bits per heavy atom. The van der Waals surface area contributed by atoms with Crippen LogP contribution in [0.1, 0.15) is 108 Å². The van der Waals surface area contributed by atoms with Crippen LogP contribution in [0.15, 0.2) is 71.7 Å². The highest BCUT2D eigenvalue weighted by molar-refractivity contribution is 7.13. The van der Waals surface area contributed by atoms with E-state index < -0.39 is 52.9 Å². The van der Waals surface area contributed by atoms with Crippen LogP contribution in [-0.2, 0) is 27.3 Å². The number of ether oxygens (including phenoxy) is 1. The number of benzene rings is 3. The van der Waals surface area contributed by atoms with Gasteiger partial charge in [0.15, 0.2) is 0 Å². The molecule has 1 saturated heterocycles. The predicted molar refractivity (Wildman–Crippen MR) is 261 cm³/mol. The monoisotopic (exact) mass is 956 g/mol. The molecule has 1 unspecified atom stereocenters. The molecule has 366 valence electrons. The van der Waals surface area contributed by atoms with Gasteiger partial charge in [-0.1, -0.05) is 69.3 Å². The number of likely N-dealkylation sites (tertiary alicyclic amines) is 1. The SMILES string of the molecule is Cc1ncsc1-c1ccc(CNC(=O)[C@@H]2C[C@@H](O)CN2C(=O)[C@@H](NC(=O)CN(C)CCCCCOc2cc(F)c(C3C4=C(C[C@@H](C)N3CC(C)(C)F)c3ccccc3C4)c(F)c2)C(C)(C)C)cc1. The van der Waals surface area contributed by atoms with Crippen LogP contribution >= 0.6 is 11.3 Å². The van der Waals surface area contributed by atoms with Crippen molar-refractivity contribution in [2.45, 2.75) is 129 Å². The fourth-order valence-electron chi connectivity index (χ4n) is 9.91. The molecule has 1 fully saturated rings. The van der Waals surface area contributed by atoms with Crippen molar-refractivity contribution in [2.24, 2.45) is 5.41 Å². The highest BCUT2D eigenvalue weighted by Gasteiger charge is 2.45. The quantitative estimate of drug-likeness (QED) is 0.0848. The smallest absolute Gasteiger partial charge is 0.246 e. The van der Waals surface area contributed by atoms with Crippen molar-refractivity contribution < 1.29 is 37.4 Å². The first-order valence-corrected chi connectivity index (χ1v) is 24.7. The molecule has 0 saturated carbocycles. The van der Waals surface area contributed by atoms with E-state index in [0.717, 1.165) is 56.8 Å². The van der Waals surface area contributed by atoms with E-state index in [9.17, 15) is 19.5 Å². The number of halogens is 3. The summed E-state index contributed by atoms with van der Waals surface area (Å²) in [4.78, 5) is 51.6. The summed E-state index contributed by atoms with van der Waals surface area (Å²) in [6.45, 7) is 13.6. The zero-order valence-electron chi connectivity index (χ0n) is 40.6. The second-order valence-corrected chi connectivity index (χ2v) is 21.4. The number of aliphatic hydroxyl groups excluding tert-OH is 1. The van der Waals surface area contributed by atoms with Gasteiger partial charge in [0.25, 0.3) is 0 Å². The molecule has 3 amide bonds. The summed E-state index contributed by atoms with van der Waals surface area (Å²) >= 11 is 1.57. The third-order valence-corrected chi connectivity index (χ3v) is 14.3. The molecule has 5 atom stereocenters. The van der Waals surface area contributed by atoms with E-state index in [-0.39, 0.29) is 68.4 Å². The second-order valence-electron chi connectivity index (χ2n) is 20.6. The molecule has 11 nitrogen and oxygen atoms in total. The zero-order chi connectivity index (χ0) is 49.1. The number of β-amino-alcohol motifs (C(OH)–C–C–N with tert-alkyl or cyclic N) is 1. The summed E-state index contributed by atoms with van der Waals surface area (Å²) in [5, 5.41) is 16.5. The molecule has 68 heavy (non-hydrogen) atoms. The number of amides is 3. The molecule has 2 aliphatic heterocycles. The van der Waals surface area contributed by atoms with Gasteiger partial charge in [0.1, 0.15) is 35.1 Å². The maximum absolute atomic E-state index is 16.2. The fourth-order valence-corrected chi connectivity index (χ4v) is 10.7. The summed E-state index contributed by atoms with van der Waals surface area (Å²) in [6.07, 6.45) is 2.49. The van der Waals surface area contributed by atoms with E-state index in [0.29, 0.717) is 25.8 Å². The van der Waals surface area contributed by atoms with Gasteiger partial charge in [-0.15, -0.1) is 11.3 Å². The lowest BCUT2D eigenvalue weighted by Crippen LogP contribution is -2.58. The highest BCUT2D eigenvalue weighted by Crippen LogP contribution is 2.50. The van der Waals surface area contributed by atoms with Crippen LogP contribution in [0.25, 0.3) is 16.0 Å². The van der Waals surface area contributed by atoms with Gasteiger partial charge in [0.2, 0.25) is 17.7 Å². The lowest BCUT2D eigenvalue weighted by molar-refractivity contribution is -0.144. The van der Waals surface area contributed by atoms with E-state index in [1.807, 2.05) is 99.4 Å². The van der Waals surface area contributed by atoms with Crippen LogP contribution in [-0.4, -0.2) is 112 Å². The summed E-state index contributed by atoms with van der Waals surface area (Å²) < 4.78 is 53.4. The minimum atomic E-state index is -1.58. The number of fused-ring (bicyclic) bond motifs is 2. The lowest BCUT2D eigenvalue weighted by atomic mass is 9.84. The fraction of sp³-hybridized carbons (Fsp3) is 0.509. The van der Waals surface area contributed by atoms with Gasteiger partial charge in [0.05, 0.1) is 41.4 Å². The Bertz CT molecular complexity index is 2460. The number of likely N-dealkylation sites (N-methyl/N-ethyl adjacent to an activating group) is 1. The van der Waals surface area contributed by atoms with Crippen molar-refractivity contribution in [3.05, 3.63) is 111 Å². The number of rotatable bonds is 18. The van der Waals surface area contributed by atoms with Crippen LogP contribution in [0.4, 0.5) is 13.2 Å². The zero-order valence-corrected chi connectivity index (χ0v) is 41.5. The summed E-state index contributed by atoms with van der Waals surface area (Å²) in [7, 11) is 1.81. The number of unbranched alkanes of at least 4 members (excludes halogenated alkanes) is 2. The van der Waals surface area contributed by atoms with Gasteiger partial charge in [-0.3, -0.25) is 24.2 Å². The maximum atomic E-state index is 16.2. The molecule has 0 bridgehead atoms. The number of alkyl halides is 1. The third kappa shape index (κ3) is 12.0. The number of carbonyl (C=O) groups is 3. The van der Waals surface area contributed by atoms with Gasteiger partial charge >= 0.3 is 0 Å². The number of nitrogens with one attached hydrogen (secondary N) is 2. The minimum absolute atomic E-state index is 0.0191. The molecule has 7 rings (SSSR count). The van der Waals surface area contributed by atoms with Gasteiger partial charge in [-0.2, -0.15) is 0 Å². The number of nitrogens with zero attached hydrogens (tertiary/aromatic N) is 4. The number of thiazole rings is 1. The average molecular weight is 957 g/mol. The Morgan fingerprint density at radius 1 is 1.01 bits per heavy atom. The van der Waals surface area contributed by atoms with Crippen LogP contribution in [0.5, 0.6) is 5.75 Å². The van der Waals surface area contributed by atoms with Crippen molar-refractivity contribution in [2.75, 3.05) is 39.8 Å². The van der Waals surface area contributed by atoms with E-state index >= 15 is 13.2 Å². The van der Waals surface area contributed by atoms with Crippen molar-refractivity contribution in [3.63, 3.8) is 0 Å². The van der Waals surface area contributed by atoms with Crippen molar-refractivity contribution in [1.82, 2.24) is 30.3 Å². The number of hydrogen-bond acceptors (Lipinski definition) is 9. The normalized spacial score (nSPS) is 20.1. The molecular formula is C53H67F3N6O5S.